The van der Waals surface area contributed by atoms with Crippen molar-refractivity contribution in [3.05, 3.63) is 48.9 Å². The Bertz CT molecular complexity index is 689. The number of aromatic nitrogens is 3. The molecule has 1 N–H and O–H groups in total. The highest BCUT2D eigenvalue weighted by Crippen LogP contribution is 2.25. The number of hydrogen-bond acceptors (Lipinski definition) is 4. The van der Waals surface area contributed by atoms with Gasteiger partial charge in [0.05, 0.1) is 23.6 Å². The van der Waals surface area contributed by atoms with Gasteiger partial charge in [0.2, 0.25) is 0 Å². The summed E-state index contributed by atoms with van der Waals surface area (Å²) in [5.74, 6) is 0.750. The first kappa shape index (κ1) is 10.7. The van der Waals surface area contributed by atoms with Gasteiger partial charge in [-0.1, -0.05) is 24.3 Å². The number of fused-ring (bicyclic) bond motifs is 1. The van der Waals surface area contributed by atoms with Crippen molar-refractivity contribution >= 4 is 16.7 Å². The number of anilines is 1. The molecule has 4 heteroatoms. The molecule has 3 aromatic rings. The summed E-state index contributed by atoms with van der Waals surface area (Å²) in [6.45, 7) is 0. The SMILES string of the molecule is CNc1cncc(-c2cccc3cccnc23)n1. The summed E-state index contributed by atoms with van der Waals surface area (Å²) < 4.78 is 0. The summed E-state index contributed by atoms with van der Waals surface area (Å²) >= 11 is 0. The van der Waals surface area contributed by atoms with E-state index in [1.807, 2.05) is 37.4 Å². The molecule has 0 saturated heterocycles. The van der Waals surface area contributed by atoms with Crippen molar-refractivity contribution in [2.45, 2.75) is 0 Å². The molecular weight excluding hydrogens is 224 g/mol. The number of nitrogens with zero attached hydrogens (tertiary/aromatic N) is 3. The van der Waals surface area contributed by atoms with Crippen LogP contribution in [0.25, 0.3) is 22.2 Å². The van der Waals surface area contributed by atoms with E-state index in [9.17, 15) is 0 Å². The van der Waals surface area contributed by atoms with Crippen molar-refractivity contribution in [1.29, 1.82) is 0 Å². The maximum atomic E-state index is 4.50. The Hall–Kier alpha value is -2.49. The van der Waals surface area contributed by atoms with E-state index in [1.165, 1.54) is 0 Å². The Kier molecular flexibility index (Phi) is 2.61. The highest BCUT2D eigenvalue weighted by Gasteiger charge is 2.06. The molecule has 0 aliphatic carbocycles. The lowest BCUT2D eigenvalue weighted by Gasteiger charge is -2.06. The minimum absolute atomic E-state index is 0.750. The summed E-state index contributed by atoms with van der Waals surface area (Å²) in [6.07, 6.45) is 5.24. The smallest absolute Gasteiger partial charge is 0.144 e. The van der Waals surface area contributed by atoms with Crippen LogP contribution in [0, 0.1) is 0 Å². The first-order valence-corrected chi connectivity index (χ1v) is 5.72. The van der Waals surface area contributed by atoms with Gasteiger partial charge in [0, 0.05) is 24.2 Å². The molecule has 0 bridgehead atoms. The van der Waals surface area contributed by atoms with Gasteiger partial charge in [-0.05, 0) is 6.07 Å². The first-order chi connectivity index (χ1) is 8.88. The van der Waals surface area contributed by atoms with Crippen LogP contribution in [-0.2, 0) is 0 Å². The fourth-order valence-corrected chi connectivity index (χ4v) is 1.93. The lowest BCUT2D eigenvalue weighted by Crippen LogP contribution is -1.95. The van der Waals surface area contributed by atoms with Crippen LogP contribution in [0.5, 0.6) is 0 Å². The average Bonchev–Trinajstić information content (AvgIpc) is 2.47. The molecule has 0 unspecified atom stereocenters. The van der Waals surface area contributed by atoms with Gasteiger partial charge >= 0.3 is 0 Å². The highest BCUT2D eigenvalue weighted by molar-refractivity contribution is 5.92. The lowest BCUT2D eigenvalue weighted by molar-refractivity contribution is 1.19. The standard InChI is InChI=1S/C14H12N4/c1-15-13-9-16-8-12(18-13)11-6-2-4-10-5-3-7-17-14(10)11/h2-9H,1H3,(H,15,18). The first-order valence-electron chi connectivity index (χ1n) is 5.72. The lowest BCUT2D eigenvalue weighted by atomic mass is 10.1. The van der Waals surface area contributed by atoms with Crippen molar-refractivity contribution in [1.82, 2.24) is 15.0 Å². The molecule has 0 spiro atoms. The third-order valence-electron chi connectivity index (χ3n) is 2.80. The van der Waals surface area contributed by atoms with Gasteiger partial charge in [-0.25, -0.2) is 4.98 Å². The predicted octanol–water partition coefficient (Wildman–Crippen LogP) is 2.73. The number of rotatable bonds is 2. The molecule has 2 aromatic heterocycles. The second-order valence-electron chi connectivity index (χ2n) is 3.92. The Labute approximate surface area is 105 Å². The van der Waals surface area contributed by atoms with Gasteiger partial charge in [-0.3, -0.25) is 9.97 Å². The monoisotopic (exact) mass is 236 g/mol. The van der Waals surface area contributed by atoms with Gasteiger partial charge in [0.1, 0.15) is 5.82 Å². The Balaban J connectivity index is 2.24. The zero-order chi connectivity index (χ0) is 12.4. The molecule has 4 nitrogen and oxygen atoms in total. The fraction of sp³-hybridized carbons (Fsp3) is 0.0714. The predicted molar refractivity (Wildman–Crippen MR) is 72.3 cm³/mol. The number of pyridine rings is 1. The minimum atomic E-state index is 0.750. The van der Waals surface area contributed by atoms with E-state index in [2.05, 4.69) is 20.3 Å². The van der Waals surface area contributed by atoms with Crippen molar-refractivity contribution in [3.63, 3.8) is 0 Å². The van der Waals surface area contributed by atoms with Gasteiger partial charge in [0.25, 0.3) is 0 Å². The molecular formula is C14H12N4. The maximum Gasteiger partial charge on any atom is 0.144 e. The normalized spacial score (nSPS) is 10.5. The van der Waals surface area contributed by atoms with Crippen LogP contribution in [0.1, 0.15) is 0 Å². The van der Waals surface area contributed by atoms with E-state index >= 15 is 0 Å². The zero-order valence-corrected chi connectivity index (χ0v) is 9.96. The van der Waals surface area contributed by atoms with Gasteiger partial charge in [0.15, 0.2) is 0 Å². The van der Waals surface area contributed by atoms with Crippen LogP contribution in [0.3, 0.4) is 0 Å². The van der Waals surface area contributed by atoms with Crippen molar-refractivity contribution < 1.29 is 0 Å². The van der Waals surface area contributed by atoms with Crippen molar-refractivity contribution in [3.8, 4) is 11.3 Å². The Morgan fingerprint density at radius 2 is 1.94 bits per heavy atom. The molecule has 0 atom stereocenters. The number of hydrogen-bond donors (Lipinski definition) is 1. The molecule has 0 amide bonds. The molecule has 0 aliphatic heterocycles. The van der Waals surface area contributed by atoms with Crippen LogP contribution in [0.15, 0.2) is 48.9 Å². The Morgan fingerprint density at radius 1 is 1.06 bits per heavy atom. The molecule has 0 radical (unpaired) electrons. The summed E-state index contributed by atoms with van der Waals surface area (Å²) in [5, 5.41) is 4.09. The fourth-order valence-electron chi connectivity index (χ4n) is 1.93. The summed E-state index contributed by atoms with van der Waals surface area (Å²) in [5.41, 5.74) is 2.77. The molecule has 18 heavy (non-hydrogen) atoms. The second-order valence-corrected chi connectivity index (χ2v) is 3.92. The quantitative estimate of drug-likeness (QED) is 0.743. The maximum absolute atomic E-state index is 4.50. The summed E-state index contributed by atoms with van der Waals surface area (Å²) in [6, 6.07) is 10.0. The highest BCUT2D eigenvalue weighted by atomic mass is 15.0. The van der Waals surface area contributed by atoms with Crippen LogP contribution < -0.4 is 5.32 Å². The third-order valence-corrected chi connectivity index (χ3v) is 2.80. The van der Waals surface area contributed by atoms with E-state index in [1.54, 1.807) is 18.6 Å². The van der Waals surface area contributed by atoms with Crippen LogP contribution in [0.4, 0.5) is 5.82 Å². The van der Waals surface area contributed by atoms with E-state index in [0.29, 0.717) is 0 Å². The van der Waals surface area contributed by atoms with E-state index < -0.39 is 0 Å². The van der Waals surface area contributed by atoms with Gasteiger partial charge in [-0.15, -0.1) is 0 Å². The number of nitrogens with one attached hydrogen (secondary N) is 1. The van der Waals surface area contributed by atoms with Gasteiger partial charge in [-0.2, -0.15) is 0 Å². The summed E-state index contributed by atoms with van der Waals surface area (Å²) in [7, 11) is 1.83. The minimum Gasteiger partial charge on any atom is -0.372 e. The van der Waals surface area contributed by atoms with E-state index in [0.717, 1.165) is 28.0 Å². The number of benzene rings is 1. The Morgan fingerprint density at radius 3 is 2.83 bits per heavy atom. The zero-order valence-electron chi connectivity index (χ0n) is 9.96. The average molecular weight is 236 g/mol. The molecule has 0 fully saturated rings. The van der Waals surface area contributed by atoms with Crippen LogP contribution in [0.2, 0.25) is 0 Å². The van der Waals surface area contributed by atoms with E-state index in [4.69, 9.17) is 0 Å². The third kappa shape index (κ3) is 1.78. The van der Waals surface area contributed by atoms with Crippen molar-refractivity contribution in [2.75, 3.05) is 12.4 Å². The largest absolute Gasteiger partial charge is 0.372 e. The molecule has 0 saturated carbocycles. The summed E-state index contributed by atoms with van der Waals surface area (Å²) in [4.78, 5) is 13.1. The second kappa shape index (κ2) is 4.41. The molecule has 2 heterocycles. The van der Waals surface area contributed by atoms with E-state index in [-0.39, 0.29) is 0 Å². The van der Waals surface area contributed by atoms with Crippen molar-refractivity contribution in [2.24, 2.45) is 0 Å². The molecule has 88 valence electrons. The molecule has 3 rings (SSSR count). The number of para-hydroxylation sites is 1. The molecule has 1 aromatic carbocycles. The molecule has 0 aliphatic rings. The topological polar surface area (TPSA) is 50.7 Å². The van der Waals surface area contributed by atoms with Crippen LogP contribution >= 0.6 is 0 Å². The van der Waals surface area contributed by atoms with Gasteiger partial charge < -0.3 is 5.32 Å². The van der Waals surface area contributed by atoms with Crippen LogP contribution in [-0.4, -0.2) is 22.0 Å².